The Morgan fingerprint density at radius 3 is 2.38 bits per heavy atom. The molecule has 0 spiro atoms. The quantitative estimate of drug-likeness (QED) is 0.709. The number of amides is 2. The van der Waals surface area contributed by atoms with Crippen LogP contribution in [0.25, 0.3) is 0 Å². The third-order valence-electron chi connectivity index (χ3n) is 6.70. The van der Waals surface area contributed by atoms with E-state index in [9.17, 15) is 9.59 Å². The van der Waals surface area contributed by atoms with E-state index in [1.165, 1.54) is 36.1 Å². The number of fused-ring (bicyclic) bond motifs is 1. The van der Waals surface area contributed by atoms with Crippen LogP contribution in [0, 0.1) is 11.8 Å². The van der Waals surface area contributed by atoms with Crippen molar-refractivity contribution in [1.29, 1.82) is 0 Å². The number of likely N-dealkylation sites (tertiary alicyclic amines) is 1. The van der Waals surface area contributed by atoms with Gasteiger partial charge in [-0.2, -0.15) is 0 Å². The Hall–Kier alpha value is -1.40. The highest BCUT2D eigenvalue weighted by Crippen LogP contribution is 2.30. The summed E-state index contributed by atoms with van der Waals surface area (Å²) in [6.45, 7) is 9.80. The molecule has 5 nitrogen and oxygen atoms in total. The van der Waals surface area contributed by atoms with E-state index in [0.717, 1.165) is 57.0 Å². The molecule has 29 heavy (non-hydrogen) atoms. The van der Waals surface area contributed by atoms with Gasteiger partial charge in [0.15, 0.2) is 0 Å². The molecule has 2 amide bonds. The van der Waals surface area contributed by atoms with E-state index < -0.39 is 0 Å². The van der Waals surface area contributed by atoms with Gasteiger partial charge in [0, 0.05) is 44.1 Å². The molecule has 3 aliphatic rings. The summed E-state index contributed by atoms with van der Waals surface area (Å²) in [6, 6.07) is 2.16. The summed E-state index contributed by atoms with van der Waals surface area (Å²) < 4.78 is 0. The van der Waals surface area contributed by atoms with Crippen molar-refractivity contribution in [2.75, 3.05) is 45.8 Å². The SMILES string of the molecule is C[C@@H]1C[C@H](C)CN(C(=O)CN2CCN(C(=O)c3cc4c(s3)CCCCC4)CC2)C1. The summed E-state index contributed by atoms with van der Waals surface area (Å²) in [5, 5.41) is 0. The Morgan fingerprint density at radius 2 is 1.66 bits per heavy atom. The van der Waals surface area contributed by atoms with Gasteiger partial charge in [0.25, 0.3) is 5.91 Å². The van der Waals surface area contributed by atoms with Crippen LogP contribution in [0.1, 0.15) is 59.6 Å². The Bertz CT molecular complexity index is 705. The lowest BCUT2D eigenvalue weighted by atomic mass is 9.92. The molecule has 2 saturated heterocycles. The summed E-state index contributed by atoms with van der Waals surface area (Å²) >= 11 is 1.72. The van der Waals surface area contributed by atoms with Crippen LogP contribution in [-0.4, -0.2) is 72.3 Å². The van der Waals surface area contributed by atoms with Crippen LogP contribution >= 0.6 is 11.3 Å². The van der Waals surface area contributed by atoms with Gasteiger partial charge in [-0.15, -0.1) is 11.3 Å². The van der Waals surface area contributed by atoms with Crippen LogP contribution in [0.15, 0.2) is 6.07 Å². The standard InChI is InChI=1S/C23H35N3O2S/c1-17-12-18(2)15-26(14-17)22(27)16-24-8-10-25(11-9-24)23(28)21-13-19-6-4-3-5-7-20(19)29-21/h13,17-18H,3-12,14-16H2,1-2H3/t17-,18+. The molecule has 4 rings (SSSR count). The zero-order chi connectivity index (χ0) is 20.4. The van der Waals surface area contributed by atoms with E-state index in [0.29, 0.717) is 18.4 Å². The minimum Gasteiger partial charge on any atom is -0.341 e. The molecule has 1 aliphatic carbocycles. The number of piperazine rings is 1. The van der Waals surface area contributed by atoms with Gasteiger partial charge in [-0.1, -0.05) is 20.3 Å². The van der Waals surface area contributed by atoms with Crippen LogP contribution in [0.2, 0.25) is 0 Å². The average molecular weight is 418 g/mol. The fraction of sp³-hybridized carbons (Fsp3) is 0.739. The molecule has 0 N–H and O–H groups in total. The van der Waals surface area contributed by atoms with Gasteiger partial charge in [-0.3, -0.25) is 14.5 Å². The summed E-state index contributed by atoms with van der Waals surface area (Å²) in [6.07, 6.45) is 7.29. The minimum atomic E-state index is 0.188. The number of carbonyl (C=O) groups is 2. The number of carbonyl (C=O) groups excluding carboxylic acids is 2. The maximum Gasteiger partial charge on any atom is 0.264 e. The molecule has 0 radical (unpaired) electrons. The Morgan fingerprint density at radius 1 is 0.966 bits per heavy atom. The molecule has 0 unspecified atom stereocenters. The fourth-order valence-electron chi connectivity index (χ4n) is 5.20. The van der Waals surface area contributed by atoms with Gasteiger partial charge < -0.3 is 9.80 Å². The second kappa shape index (κ2) is 9.17. The molecule has 0 bridgehead atoms. The zero-order valence-corrected chi connectivity index (χ0v) is 18.8. The molecule has 2 aliphatic heterocycles. The molecule has 0 aromatic carbocycles. The summed E-state index contributed by atoms with van der Waals surface area (Å²) in [5.41, 5.74) is 1.41. The van der Waals surface area contributed by atoms with Crippen molar-refractivity contribution in [2.24, 2.45) is 11.8 Å². The normalized spacial score (nSPS) is 26.1. The van der Waals surface area contributed by atoms with Crippen molar-refractivity contribution >= 4 is 23.2 Å². The van der Waals surface area contributed by atoms with Gasteiger partial charge in [-0.25, -0.2) is 0 Å². The molecule has 1 aromatic heterocycles. The first kappa shape index (κ1) is 20.9. The summed E-state index contributed by atoms with van der Waals surface area (Å²) in [4.78, 5) is 34.3. The highest BCUT2D eigenvalue weighted by atomic mass is 32.1. The largest absolute Gasteiger partial charge is 0.341 e. The lowest BCUT2D eigenvalue weighted by Crippen LogP contribution is -2.52. The van der Waals surface area contributed by atoms with Crippen LogP contribution in [-0.2, 0) is 17.6 Å². The van der Waals surface area contributed by atoms with Crippen molar-refractivity contribution in [3.63, 3.8) is 0 Å². The lowest BCUT2D eigenvalue weighted by molar-refractivity contribution is -0.135. The van der Waals surface area contributed by atoms with Crippen LogP contribution in [0.5, 0.6) is 0 Å². The molecule has 6 heteroatoms. The van der Waals surface area contributed by atoms with Crippen molar-refractivity contribution < 1.29 is 9.59 Å². The molecule has 3 heterocycles. The molecule has 0 saturated carbocycles. The van der Waals surface area contributed by atoms with E-state index >= 15 is 0 Å². The third kappa shape index (κ3) is 5.02. The van der Waals surface area contributed by atoms with Crippen molar-refractivity contribution in [1.82, 2.24) is 14.7 Å². The Labute approximate surface area is 179 Å². The van der Waals surface area contributed by atoms with Crippen molar-refractivity contribution in [2.45, 2.75) is 52.4 Å². The van der Waals surface area contributed by atoms with Gasteiger partial charge in [0.05, 0.1) is 11.4 Å². The van der Waals surface area contributed by atoms with E-state index in [2.05, 4.69) is 29.7 Å². The minimum absolute atomic E-state index is 0.188. The molecular weight excluding hydrogens is 382 g/mol. The monoisotopic (exact) mass is 417 g/mol. The predicted octanol–water partition coefficient (Wildman–Crippen LogP) is 3.28. The highest BCUT2D eigenvalue weighted by molar-refractivity contribution is 7.14. The molecular formula is C23H35N3O2S. The van der Waals surface area contributed by atoms with Gasteiger partial charge in [0.1, 0.15) is 0 Å². The fourth-order valence-corrected chi connectivity index (χ4v) is 6.42. The highest BCUT2D eigenvalue weighted by Gasteiger charge is 2.29. The van der Waals surface area contributed by atoms with E-state index in [1.807, 2.05) is 4.90 Å². The van der Waals surface area contributed by atoms with Crippen molar-refractivity contribution in [3.8, 4) is 0 Å². The third-order valence-corrected chi connectivity index (χ3v) is 7.92. The first-order chi connectivity index (χ1) is 14.0. The van der Waals surface area contributed by atoms with E-state index in [4.69, 9.17) is 0 Å². The zero-order valence-electron chi connectivity index (χ0n) is 18.0. The number of rotatable bonds is 3. The lowest BCUT2D eigenvalue weighted by Gasteiger charge is -2.38. The van der Waals surface area contributed by atoms with Crippen LogP contribution in [0.3, 0.4) is 0 Å². The van der Waals surface area contributed by atoms with Crippen molar-refractivity contribution in [3.05, 3.63) is 21.4 Å². The maximum absolute atomic E-state index is 13.0. The molecule has 2 atom stereocenters. The second-order valence-corrected chi connectivity index (χ2v) is 10.6. The Kier molecular flexibility index (Phi) is 6.60. The number of hydrogen-bond donors (Lipinski definition) is 0. The molecule has 1 aromatic rings. The second-order valence-electron chi connectivity index (χ2n) is 9.43. The number of hydrogen-bond acceptors (Lipinski definition) is 4. The predicted molar refractivity (Wildman–Crippen MR) is 117 cm³/mol. The molecule has 160 valence electrons. The molecule has 2 fully saturated rings. The topological polar surface area (TPSA) is 43.9 Å². The number of piperidine rings is 1. The number of aryl methyl sites for hydroxylation is 2. The number of thiophene rings is 1. The van der Waals surface area contributed by atoms with Crippen LogP contribution in [0.4, 0.5) is 0 Å². The summed E-state index contributed by atoms with van der Waals surface area (Å²) in [5.74, 6) is 1.63. The Balaban J connectivity index is 1.28. The van der Waals surface area contributed by atoms with E-state index in [1.54, 1.807) is 11.3 Å². The summed E-state index contributed by atoms with van der Waals surface area (Å²) in [7, 11) is 0. The van der Waals surface area contributed by atoms with Crippen LogP contribution < -0.4 is 0 Å². The van der Waals surface area contributed by atoms with Gasteiger partial charge in [0.2, 0.25) is 5.91 Å². The average Bonchev–Trinajstić information content (AvgIpc) is 2.98. The first-order valence-corrected chi connectivity index (χ1v) is 12.2. The number of nitrogens with zero attached hydrogens (tertiary/aromatic N) is 3. The maximum atomic E-state index is 13.0. The van der Waals surface area contributed by atoms with Gasteiger partial charge in [-0.05, 0) is 55.6 Å². The van der Waals surface area contributed by atoms with E-state index in [-0.39, 0.29) is 11.8 Å². The van der Waals surface area contributed by atoms with Gasteiger partial charge >= 0.3 is 0 Å². The smallest absolute Gasteiger partial charge is 0.264 e. The first-order valence-electron chi connectivity index (χ1n) is 11.4.